The molecule has 2 aromatic rings. The van der Waals surface area contributed by atoms with E-state index in [1.165, 1.54) is 6.92 Å². The van der Waals surface area contributed by atoms with Crippen LogP contribution in [0.1, 0.15) is 30.0 Å². The Hall–Kier alpha value is -4.06. The van der Waals surface area contributed by atoms with Crippen LogP contribution in [0, 0.1) is 17.8 Å². The minimum Gasteiger partial charge on any atom is -0.507 e. The fraction of sp³-hybridized carbons (Fsp3) is 0.400. The normalized spacial score (nSPS) is 29.1. The molecular weight excluding hydrogens is 530 g/mol. The molecule has 2 aromatic carbocycles. The highest BCUT2D eigenvalue weighted by Gasteiger charge is 2.67. The molecule has 2 saturated carbocycles. The lowest BCUT2D eigenvalue weighted by Crippen LogP contribution is -2.73. The number of phenolic OH excluding ortho intramolecular Hbond substituents is 1. The molecule has 5 rings (SSSR count). The Labute approximate surface area is 236 Å². The van der Waals surface area contributed by atoms with Gasteiger partial charge in [0.1, 0.15) is 17.4 Å². The van der Waals surface area contributed by atoms with Crippen molar-refractivity contribution < 1.29 is 39.6 Å². The van der Waals surface area contributed by atoms with Gasteiger partial charge in [-0.3, -0.25) is 19.2 Å². The van der Waals surface area contributed by atoms with Crippen LogP contribution in [0.25, 0.3) is 16.9 Å². The van der Waals surface area contributed by atoms with Gasteiger partial charge in [-0.1, -0.05) is 30.3 Å². The summed E-state index contributed by atoms with van der Waals surface area (Å²) < 4.78 is 0. The van der Waals surface area contributed by atoms with Gasteiger partial charge < -0.3 is 36.4 Å². The number of hydrogen-bond donors (Lipinski definition) is 6. The van der Waals surface area contributed by atoms with E-state index in [2.05, 4.69) is 5.32 Å². The summed E-state index contributed by atoms with van der Waals surface area (Å²) in [6.45, 7) is 1.27. The highest BCUT2D eigenvalue weighted by molar-refractivity contribution is 6.25. The Morgan fingerprint density at radius 2 is 1.80 bits per heavy atom. The van der Waals surface area contributed by atoms with Crippen molar-refractivity contribution in [3.63, 3.8) is 0 Å². The summed E-state index contributed by atoms with van der Waals surface area (Å²) in [4.78, 5) is 53.0. The van der Waals surface area contributed by atoms with Gasteiger partial charge in [0.25, 0.3) is 0 Å². The minimum absolute atomic E-state index is 0.0211. The lowest BCUT2D eigenvalue weighted by molar-refractivity contribution is -0.184. The molecule has 0 aromatic heterocycles. The van der Waals surface area contributed by atoms with Gasteiger partial charge >= 0.3 is 0 Å². The molecule has 7 N–H and O–H groups in total. The summed E-state index contributed by atoms with van der Waals surface area (Å²) in [7, 11) is 3.21. The minimum atomic E-state index is -2.73. The zero-order valence-electron chi connectivity index (χ0n) is 22.9. The van der Waals surface area contributed by atoms with Crippen LogP contribution in [0.3, 0.4) is 0 Å². The summed E-state index contributed by atoms with van der Waals surface area (Å²) in [6.07, 6.45) is -1.35. The van der Waals surface area contributed by atoms with Crippen LogP contribution in [0.4, 0.5) is 0 Å². The first-order valence-corrected chi connectivity index (χ1v) is 13.4. The largest absolute Gasteiger partial charge is 0.507 e. The van der Waals surface area contributed by atoms with Crippen molar-refractivity contribution in [1.29, 1.82) is 0 Å². The number of fused-ring (bicyclic) bond motifs is 3. The number of primary amides is 1. The van der Waals surface area contributed by atoms with Crippen LogP contribution in [0.5, 0.6) is 5.75 Å². The molecule has 2 amide bonds. The van der Waals surface area contributed by atoms with Crippen LogP contribution in [0.2, 0.25) is 0 Å². The maximum Gasteiger partial charge on any atom is 0.230 e. The van der Waals surface area contributed by atoms with Gasteiger partial charge in [0, 0.05) is 36.6 Å². The number of amides is 2. The molecule has 2 fully saturated rings. The molecule has 2 unspecified atom stereocenters. The van der Waals surface area contributed by atoms with Crippen LogP contribution >= 0.6 is 0 Å². The third-order valence-electron chi connectivity index (χ3n) is 8.78. The molecule has 216 valence electrons. The maximum atomic E-state index is 14.1. The summed E-state index contributed by atoms with van der Waals surface area (Å²) in [5, 5.41) is 48.4. The molecule has 0 heterocycles. The van der Waals surface area contributed by atoms with E-state index in [-0.39, 0.29) is 42.2 Å². The molecule has 0 aliphatic heterocycles. The van der Waals surface area contributed by atoms with Gasteiger partial charge in [-0.15, -0.1) is 0 Å². The summed E-state index contributed by atoms with van der Waals surface area (Å²) >= 11 is 0. The standard InChI is InChI=1S/C30H33N3O8/c1-13(34)32-12-16-10-17(14-7-5-4-6-8-14)18-9-15-11-19-23(33(2)3)26(37)22(29(31)40)28(39)30(19,41)27(38)20(15)25(36)21(18)24(16)35/h4-8,10,15,19,22-23,26,35-37,41H,9,11-12H2,1-3H3,(H2,31,40)(H,32,34)/t15-,19-,22?,23-,26?,30-/m1/s1. The van der Waals surface area contributed by atoms with Crippen molar-refractivity contribution in [3.05, 3.63) is 58.7 Å². The molecule has 3 aliphatic carbocycles. The summed E-state index contributed by atoms with van der Waals surface area (Å²) in [6, 6.07) is 10.00. The Bertz CT molecular complexity index is 1500. The van der Waals surface area contributed by atoms with Crippen LogP contribution in [0.15, 0.2) is 42.0 Å². The van der Waals surface area contributed by atoms with E-state index in [0.29, 0.717) is 16.7 Å². The third-order valence-corrected chi connectivity index (χ3v) is 8.78. The molecule has 11 nitrogen and oxygen atoms in total. The van der Waals surface area contributed by atoms with E-state index < -0.39 is 58.7 Å². The molecular formula is C30H33N3O8. The first kappa shape index (κ1) is 28.5. The highest BCUT2D eigenvalue weighted by Crippen LogP contribution is 2.53. The van der Waals surface area contributed by atoms with Crippen LogP contribution < -0.4 is 11.1 Å². The number of carbonyl (C=O) groups excluding carboxylic acids is 4. The van der Waals surface area contributed by atoms with Gasteiger partial charge in [0.05, 0.1) is 11.7 Å². The average molecular weight is 564 g/mol. The van der Waals surface area contributed by atoms with E-state index in [0.717, 1.165) is 5.56 Å². The molecule has 0 radical (unpaired) electrons. The van der Waals surface area contributed by atoms with Gasteiger partial charge in [-0.05, 0) is 55.6 Å². The van der Waals surface area contributed by atoms with E-state index in [4.69, 9.17) is 5.73 Å². The van der Waals surface area contributed by atoms with E-state index >= 15 is 0 Å². The van der Waals surface area contributed by atoms with E-state index in [9.17, 15) is 39.6 Å². The number of aliphatic hydroxyl groups is 3. The number of likely N-dealkylation sites (N-methyl/N-ethyl adjacent to an activating group) is 1. The highest BCUT2D eigenvalue weighted by atomic mass is 16.3. The number of aliphatic hydroxyl groups excluding tert-OH is 2. The Balaban J connectivity index is 1.73. The summed E-state index contributed by atoms with van der Waals surface area (Å²) in [5.74, 6) is -8.31. The molecule has 11 heteroatoms. The molecule has 0 spiro atoms. The number of Topliss-reactive ketones (excluding diaryl/α,β-unsaturated/α-hetero) is 2. The second-order valence-electron chi connectivity index (χ2n) is 11.4. The number of nitrogens with zero attached hydrogens (tertiary/aromatic N) is 1. The Kier molecular flexibility index (Phi) is 7.01. The van der Waals surface area contributed by atoms with E-state index in [1.54, 1.807) is 25.1 Å². The molecule has 3 aliphatic rings. The fourth-order valence-corrected chi connectivity index (χ4v) is 6.96. The predicted octanol–water partition coefficient (Wildman–Crippen LogP) is 0.432. The molecule has 0 saturated heterocycles. The molecule has 6 atom stereocenters. The Morgan fingerprint density at radius 1 is 1.15 bits per heavy atom. The first-order valence-electron chi connectivity index (χ1n) is 13.4. The topological polar surface area (TPSA) is 190 Å². The Morgan fingerprint density at radius 3 is 2.39 bits per heavy atom. The van der Waals surface area contributed by atoms with Gasteiger partial charge in [0.2, 0.25) is 17.6 Å². The van der Waals surface area contributed by atoms with Crippen LogP contribution in [-0.4, -0.2) is 80.5 Å². The number of ketones is 2. The SMILES string of the molecule is CC(=O)NCc1cc(-c2ccccc2)c2c(c1O)C(O)=C1C(=O)[C@@]3(O)C(=O)C(C(N)=O)C(O)[C@H](N(C)C)[C@H]3C[C@H]1C2. The van der Waals surface area contributed by atoms with Crippen molar-refractivity contribution in [3.8, 4) is 16.9 Å². The van der Waals surface area contributed by atoms with E-state index in [1.807, 2.05) is 30.3 Å². The number of rotatable bonds is 5. The zero-order chi connectivity index (χ0) is 30.0. The molecule has 0 bridgehead atoms. The van der Waals surface area contributed by atoms with Gasteiger partial charge in [0.15, 0.2) is 11.4 Å². The third kappa shape index (κ3) is 4.23. The van der Waals surface area contributed by atoms with Crippen molar-refractivity contribution in [2.75, 3.05) is 14.1 Å². The predicted molar refractivity (Wildman–Crippen MR) is 147 cm³/mol. The lowest BCUT2D eigenvalue weighted by atomic mass is 9.54. The zero-order valence-corrected chi connectivity index (χ0v) is 22.9. The number of aromatic hydroxyl groups is 1. The van der Waals surface area contributed by atoms with Gasteiger partial charge in [-0.2, -0.15) is 0 Å². The molecule has 41 heavy (non-hydrogen) atoms. The van der Waals surface area contributed by atoms with Crippen molar-refractivity contribution >= 4 is 29.1 Å². The number of benzene rings is 2. The second-order valence-corrected chi connectivity index (χ2v) is 11.4. The maximum absolute atomic E-state index is 14.1. The second kappa shape index (κ2) is 10.1. The van der Waals surface area contributed by atoms with Crippen molar-refractivity contribution in [2.24, 2.45) is 23.5 Å². The fourth-order valence-electron chi connectivity index (χ4n) is 6.96. The number of nitrogens with two attached hydrogens (primary N) is 1. The van der Waals surface area contributed by atoms with Crippen molar-refractivity contribution in [1.82, 2.24) is 10.2 Å². The number of nitrogens with one attached hydrogen (secondary N) is 1. The van der Waals surface area contributed by atoms with Crippen molar-refractivity contribution in [2.45, 2.75) is 44.1 Å². The lowest BCUT2D eigenvalue weighted by Gasteiger charge is -2.53. The van der Waals surface area contributed by atoms with Crippen LogP contribution in [-0.2, 0) is 32.1 Å². The first-order chi connectivity index (χ1) is 19.3. The smallest absolute Gasteiger partial charge is 0.230 e. The quantitative estimate of drug-likeness (QED) is 0.280. The number of phenols is 1. The van der Waals surface area contributed by atoms with Gasteiger partial charge in [-0.25, -0.2) is 0 Å². The number of hydrogen-bond acceptors (Lipinski definition) is 9. The average Bonchev–Trinajstić information content (AvgIpc) is 2.90. The number of carbonyl (C=O) groups is 4. The summed E-state index contributed by atoms with van der Waals surface area (Å²) in [5.41, 5.74) is 4.76. The monoisotopic (exact) mass is 563 g/mol.